The van der Waals surface area contributed by atoms with Crippen molar-refractivity contribution in [3.8, 4) is 11.5 Å². The molecule has 1 heterocycles. The summed E-state index contributed by atoms with van der Waals surface area (Å²) in [7, 11) is 3.08. The number of carbonyl (C=O) groups is 2. The first-order valence-electron chi connectivity index (χ1n) is 8.46. The molecule has 27 heavy (non-hydrogen) atoms. The number of methoxy groups -OCH3 is 2. The summed E-state index contributed by atoms with van der Waals surface area (Å²) >= 11 is 0. The number of carboxylic acids is 1. The van der Waals surface area contributed by atoms with Crippen LogP contribution in [0.2, 0.25) is 0 Å². The molecule has 0 fully saturated rings. The van der Waals surface area contributed by atoms with Crippen molar-refractivity contribution in [2.75, 3.05) is 19.5 Å². The Kier molecular flexibility index (Phi) is 5.12. The van der Waals surface area contributed by atoms with Crippen LogP contribution in [0.1, 0.15) is 35.2 Å². The zero-order chi connectivity index (χ0) is 19.6. The average Bonchev–Trinajstić information content (AvgIpc) is 2.99. The maximum atomic E-state index is 12.6. The molecule has 0 radical (unpaired) electrons. The minimum Gasteiger partial charge on any atom is -0.493 e. The molecule has 2 N–H and O–H groups in total. The van der Waals surface area contributed by atoms with Crippen LogP contribution in [0, 0.1) is 0 Å². The Morgan fingerprint density at radius 3 is 2.33 bits per heavy atom. The van der Waals surface area contributed by atoms with Gasteiger partial charge < -0.3 is 19.9 Å². The molecule has 0 saturated carbocycles. The molecule has 1 amide bonds. The fourth-order valence-electron chi connectivity index (χ4n) is 3.11. The standard InChI is InChI=1S/C20H20N2O5/c1-4-14(21-12-7-5-11(6-8-12)20(24)25)18-13-9-16(26-2)17(27-3)10-15(13)22-19(18)23/h5-10,18H,4H2,1-3H3,(H,22,23)(H,24,25). The molecule has 0 aliphatic carbocycles. The van der Waals surface area contributed by atoms with Gasteiger partial charge in [0.05, 0.1) is 25.5 Å². The molecule has 2 aromatic rings. The average molecular weight is 368 g/mol. The highest BCUT2D eigenvalue weighted by Gasteiger charge is 2.35. The van der Waals surface area contributed by atoms with Crippen molar-refractivity contribution < 1.29 is 24.2 Å². The summed E-state index contributed by atoms with van der Waals surface area (Å²) < 4.78 is 10.6. The SMILES string of the molecule is CCC(=Nc1ccc(C(=O)O)cc1)C1C(=O)Nc2cc(OC)c(OC)cc21. The fourth-order valence-corrected chi connectivity index (χ4v) is 3.11. The van der Waals surface area contributed by atoms with Crippen molar-refractivity contribution >= 4 is 29.0 Å². The zero-order valence-electron chi connectivity index (χ0n) is 15.3. The number of aromatic carboxylic acids is 1. The number of aliphatic imine (C=N–C) groups is 1. The smallest absolute Gasteiger partial charge is 0.335 e. The second kappa shape index (κ2) is 7.49. The number of fused-ring (bicyclic) bond motifs is 1. The first kappa shape index (κ1) is 18.4. The number of carbonyl (C=O) groups excluding carboxylic acids is 1. The van der Waals surface area contributed by atoms with Crippen LogP contribution < -0.4 is 14.8 Å². The van der Waals surface area contributed by atoms with Gasteiger partial charge in [0.25, 0.3) is 0 Å². The molecule has 1 unspecified atom stereocenters. The molecule has 1 atom stereocenters. The van der Waals surface area contributed by atoms with E-state index in [4.69, 9.17) is 14.6 Å². The van der Waals surface area contributed by atoms with Crippen molar-refractivity contribution in [3.63, 3.8) is 0 Å². The number of rotatable bonds is 6. The molecule has 1 aliphatic rings. The van der Waals surface area contributed by atoms with Crippen LogP contribution in [0.4, 0.5) is 11.4 Å². The minimum atomic E-state index is -0.994. The first-order valence-corrected chi connectivity index (χ1v) is 8.46. The predicted octanol–water partition coefficient (Wildman–Crippen LogP) is 3.62. The van der Waals surface area contributed by atoms with Crippen LogP contribution in [-0.2, 0) is 4.79 Å². The van der Waals surface area contributed by atoms with Gasteiger partial charge in [-0.15, -0.1) is 0 Å². The van der Waals surface area contributed by atoms with E-state index in [0.717, 1.165) is 5.56 Å². The fraction of sp³-hybridized carbons (Fsp3) is 0.250. The van der Waals surface area contributed by atoms with Crippen LogP contribution in [-0.4, -0.2) is 36.9 Å². The monoisotopic (exact) mass is 368 g/mol. The number of hydrogen-bond acceptors (Lipinski definition) is 5. The Morgan fingerprint density at radius 2 is 1.78 bits per heavy atom. The van der Waals surface area contributed by atoms with E-state index in [2.05, 4.69) is 10.3 Å². The topological polar surface area (TPSA) is 97.2 Å². The Morgan fingerprint density at radius 1 is 1.15 bits per heavy atom. The van der Waals surface area contributed by atoms with Crippen LogP contribution in [0.3, 0.4) is 0 Å². The third kappa shape index (κ3) is 3.48. The molecule has 7 nitrogen and oxygen atoms in total. The lowest BCUT2D eigenvalue weighted by molar-refractivity contribution is -0.115. The summed E-state index contributed by atoms with van der Waals surface area (Å²) in [6, 6.07) is 9.76. The largest absolute Gasteiger partial charge is 0.493 e. The summed E-state index contributed by atoms with van der Waals surface area (Å²) in [5, 5.41) is 11.9. The molecular weight excluding hydrogens is 348 g/mol. The molecule has 0 aromatic heterocycles. The summed E-state index contributed by atoms with van der Waals surface area (Å²) in [6.07, 6.45) is 0.562. The number of nitrogens with zero attached hydrogens (tertiary/aromatic N) is 1. The highest BCUT2D eigenvalue weighted by Crippen LogP contribution is 2.42. The summed E-state index contributed by atoms with van der Waals surface area (Å²) in [5.41, 5.74) is 2.92. The van der Waals surface area contributed by atoms with Gasteiger partial charge in [-0.25, -0.2) is 4.79 Å². The van der Waals surface area contributed by atoms with E-state index >= 15 is 0 Å². The maximum absolute atomic E-state index is 12.6. The number of benzene rings is 2. The Bertz CT molecular complexity index is 919. The van der Waals surface area contributed by atoms with Gasteiger partial charge in [0.2, 0.25) is 5.91 Å². The second-order valence-corrected chi connectivity index (χ2v) is 6.03. The summed E-state index contributed by atoms with van der Waals surface area (Å²) in [6.45, 7) is 1.93. The van der Waals surface area contributed by atoms with Gasteiger partial charge in [-0.2, -0.15) is 0 Å². The quantitative estimate of drug-likeness (QED) is 0.759. The molecule has 0 bridgehead atoms. The minimum absolute atomic E-state index is 0.164. The number of carboxylic acid groups (broad SMARTS) is 1. The number of anilines is 1. The van der Waals surface area contributed by atoms with Gasteiger partial charge in [0.1, 0.15) is 5.92 Å². The molecule has 1 aliphatic heterocycles. The number of amides is 1. The van der Waals surface area contributed by atoms with Crippen LogP contribution >= 0.6 is 0 Å². The van der Waals surface area contributed by atoms with Crippen LogP contribution in [0.15, 0.2) is 41.4 Å². The van der Waals surface area contributed by atoms with Gasteiger partial charge in [0, 0.05) is 17.5 Å². The lowest BCUT2D eigenvalue weighted by Crippen LogP contribution is -2.20. The van der Waals surface area contributed by atoms with Crippen LogP contribution in [0.5, 0.6) is 11.5 Å². The lowest BCUT2D eigenvalue weighted by atomic mass is 9.93. The van der Waals surface area contributed by atoms with Gasteiger partial charge in [0.15, 0.2) is 11.5 Å². The highest BCUT2D eigenvalue weighted by atomic mass is 16.5. The van der Waals surface area contributed by atoms with Gasteiger partial charge in [-0.1, -0.05) is 6.92 Å². The van der Waals surface area contributed by atoms with Gasteiger partial charge in [-0.05, 0) is 42.3 Å². The zero-order valence-corrected chi connectivity index (χ0v) is 15.3. The van der Waals surface area contributed by atoms with Gasteiger partial charge >= 0.3 is 5.97 Å². The molecule has 140 valence electrons. The van der Waals surface area contributed by atoms with E-state index in [0.29, 0.717) is 35.0 Å². The van der Waals surface area contributed by atoms with E-state index in [9.17, 15) is 9.59 Å². The lowest BCUT2D eigenvalue weighted by Gasteiger charge is -2.14. The Balaban J connectivity index is 2.01. The first-order chi connectivity index (χ1) is 13.0. The normalized spacial score (nSPS) is 15.9. The van der Waals surface area contributed by atoms with Crippen molar-refractivity contribution in [2.45, 2.75) is 19.3 Å². The third-order valence-electron chi connectivity index (χ3n) is 4.47. The van der Waals surface area contributed by atoms with Crippen molar-refractivity contribution in [2.24, 2.45) is 4.99 Å². The number of nitrogens with one attached hydrogen (secondary N) is 1. The molecule has 7 heteroatoms. The van der Waals surface area contributed by atoms with E-state index in [1.165, 1.54) is 19.2 Å². The van der Waals surface area contributed by atoms with E-state index in [1.807, 2.05) is 6.92 Å². The van der Waals surface area contributed by atoms with E-state index in [-0.39, 0.29) is 11.5 Å². The number of hydrogen-bond donors (Lipinski definition) is 2. The third-order valence-corrected chi connectivity index (χ3v) is 4.47. The van der Waals surface area contributed by atoms with Crippen LogP contribution in [0.25, 0.3) is 0 Å². The molecule has 0 spiro atoms. The molecule has 0 saturated heterocycles. The second-order valence-electron chi connectivity index (χ2n) is 6.03. The summed E-state index contributed by atoms with van der Waals surface area (Å²) in [4.78, 5) is 28.2. The molecule has 3 rings (SSSR count). The Labute approximate surface area is 156 Å². The highest BCUT2D eigenvalue weighted by molar-refractivity contribution is 6.19. The van der Waals surface area contributed by atoms with E-state index in [1.54, 1.807) is 31.4 Å². The molecular formula is C20H20N2O5. The molecule has 2 aromatic carbocycles. The Hall–Kier alpha value is -3.35. The summed E-state index contributed by atoms with van der Waals surface area (Å²) in [5.74, 6) is -0.617. The van der Waals surface area contributed by atoms with E-state index < -0.39 is 11.9 Å². The predicted molar refractivity (Wildman–Crippen MR) is 102 cm³/mol. The maximum Gasteiger partial charge on any atom is 0.335 e. The van der Waals surface area contributed by atoms with Crippen molar-refractivity contribution in [1.29, 1.82) is 0 Å². The van der Waals surface area contributed by atoms with Crippen molar-refractivity contribution in [1.82, 2.24) is 0 Å². The van der Waals surface area contributed by atoms with Crippen molar-refractivity contribution in [3.05, 3.63) is 47.5 Å². The van der Waals surface area contributed by atoms with Gasteiger partial charge in [-0.3, -0.25) is 9.79 Å². The number of ether oxygens (including phenoxy) is 2.